The van der Waals surface area contributed by atoms with Gasteiger partial charge in [-0.3, -0.25) is 0 Å². The lowest BCUT2D eigenvalue weighted by Crippen LogP contribution is -1.92. The van der Waals surface area contributed by atoms with Gasteiger partial charge in [0.1, 0.15) is 5.75 Å². The largest absolute Gasteiger partial charge is 0.504 e. The molecule has 2 rings (SSSR count). The highest BCUT2D eigenvalue weighted by Crippen LogP contribution is 2.38. The topological polar surface area (TPSA) is 18.5 Å². The number of ether oxygens (including phenoxy) is 2. The van der Waals surface area contributed by atoms with Crippen LogP contribution in [0.5, 0.6) is 5.75 Å². The summed E-state index contributed by atoms with van der Waals surface area (Å²) < 4.78 is 10.2. The Kier molecular flexibility index (Phi) is 3.50. The Morgan fingerprint density at radius 1 is 1.19 bits per heavy atom. The molecular formula is C14H18O2. The predicted octanol–water partition coefficient (Wildman–Crippen LogP) is 3.49. The molecule has 2 nitrogen and oxygen atoms in total. The second-order valence-corrected chi connectivity index (χ2v) is 4.22. The molecule has 86 valence electrons. The molecule has 1 aliphatic carbocycles. The van der Waals surface area contributed by atoms with E-state index < -0.39 is 0 Å². The van der Waals surface area contributed by atoms with Crippen molar-refractivity contribution < 1.29 is 9.47 Å². The minimum atomic E-state index is 0.646. The molecule has 0 spiro atoms. The molecule has 0 aromatic heterocycles. The van der Waals surface area contributed by atoms with Crippen molar-refractivity contribution in [3.8, 4) is 5.75 Å². The van der Waals surface area contributed by atoms with Crippen molar-refractivity contribution in [3.63, 3.8) is 0 Å². The zero-order valence-electron chi connectivity index (χ0n) is 9.90. The Morgan fingerprint density at radius 2 is 1.94 bits per heavy atom. The van der Waals surface area contributed by atoms with Crippen molar-refractivity contribution in [2.75, 3.05) is 14.2 Å². The third-order valence-corrected chi connectivity index (χ3v) is 3.19. The van der Waals surface area contributed by atoms with Gasteiger partial charge in [-0.05, 0) is 48.4 Å². The second kappa shape index (κ2) is 5.06. The molecule has 1 aliphatic rings. The molecule has 0 saturated heterocycles. The van der Waals surface area contributed by atoms with E-state index in [1.54, 1.807) is 14.2 Å². The van der Waals surface area contributed by atoms with E-state index in [-0.39, 0.29) is 0 Å². The fraction of sp³-hybridized carbons (Fsp3) is 0.429. The number of rotatable bonds is 3. The van der Waals surface area contributed by atoms with Crippen LogP contribution in [0.4, 0.5) is 0 Å². The highest BCUT2D eigenvalue weighted by Gasteiger charge is 2.21. The summed E-state index contributed by atoms with van der Waals surface area (Å²) in [6, 6.07) is 8.40. The van der Waals surface area contributed by atoms with Crippen molar-refractivity contribution in [2.24, 2.45) is 0 Å². The fourth-order valence-corrected chi connectivity index (χ4v) is 2.31. The standard InChI is InChI=1S/C14H18O2/c1-15-10-11-3-4-13(9-11)12-5-7-14(16-2)8-6-12/h5-8,10,13H,3-4,9H2,1-2H3/b11-10+/t13-/m1/s1. The Morgan fingerprint density at radius 3 is 2.56 bits per heavy atom. The first-order valence-corrected chi connectivity index (χ1v) is 5.68. The molecule has 1 aromatic carbocycles. The van der Waals surface area contributed by atoms with Gasteiger partial charge < -0.3 is 9.47 Å². The van der Waals surface area contributed by atoms with Crippen LogP contribution in [0.3, 0.4) is 0 Å². The van der Waals surface area contributed by atoms with Gasteiger partial charge >= 0.3 is 0 Å². The number of benzene rings is 1. The quantitative estimate of drug-likeness (QED) is 0.723. The maximum absolute atomic E-state index is 5.16. The van der Waals surface area contributed by atoms with Crippen LogP contribution in [-0.2, 0) is 4.74 Å². The van der Waals surface area contributed by atoms with Gasteiger partial charge in [-0.2, -0.15) is 0 Å². The molecular weight excluding hydrogens is 200 g/mol. The van der Waals surface area contributed by atoms with Gasteiger partial charge in [0, 0.05) is 0 Å². The van der Waals surface area contributed by atoms with Crippen molar-refractivity contribution in [1.29, 1.82) is 0 Å². The molecule has 0 N–H and O–H groups in total. The molecule has 1 saturated carbocycles. The van der Waals surface area contributed by atoms with Crippen LogP contribution in [0.15, 0.2) is 36.1 Å². The van der Waals surface area contributed by atoms with Crippen LogP contribution in [0.25, 0.3) is 0 Å². The van der Waals surface area contributed by atoms with Gasteiger partial charge in [-0.15, -0.1) is 0 Å². The lowest BCUT2D eigenvalue weighted by molar-refractivity contribution is 0.332. The Labute approximate surface area is 96.9 Å². The van der Waals surface area contributed by atoms with E-state index in [1.807, 2.05) is 18.4 Å². The van der Waals surface area contributed by atoms with Crippen LogP contribution in [0.1, 0.15) is 30.7 Å². The highest BCUT2D eigenvalue weighted by molar-refractivity contribution is 5.31. The van der Waals surface area contributed by atoms with Crippen LogP contribution >= 0.6 is 0 Å². The first-order valence-electron chi connectivity index (χ1n) is 5.68. The molecule has 1 atom stereocenters. The SMILES string of the molecule is CO/C=C1\CC[C@@H](c2ccc(OC)cc2)C1. The zero-order valence-corrected chi connectivity index (χ0v) is 9.90. The smallest absolute Gasteiger partial charge is 0.118 e. The Balaban J connectivity index is 2.05. The van der Waals surface area contributed by atoms with E-state index in [9.17, 15) is 0 Å². The van der Waals surface area contributed by atoms with Crippen LogP contribution < -0.4 is 4.74 Å². The van der Waals surface area contributed by atoms with E-state index >= 15 is 0 Å². The molecule has 0 radical (unpaired) electrons. The number of hydrogen-bond donors (Lipinski definition) is 0. The zero-order chi connectivity index (χ0) is 11.4. The molecule has 0 bridgehead atoms. The Bertz CT molecular complexity index is 365. The highest BCUT2D eigenvalue weighted by atomic mass is 16.5. The molecule has 1 fully saturated rings. The first kappa shape index (κ1) is 11.1. The van der Waals surface area contributed by atoms with Crippen LogP contribution in [-0.4, -0.2) is 14.2 Å². The third kappa shape index (κ3) is 2.38. The van der Waals surface area contributed by atoms with Gasteiger partial charge in [0.2, 0.25) is 0 Å². The monoisotopic (exact) mass is 218 g/mol. The van der Waals surface area contributed by atoms with Crippen molar-refractivity contribution in [3.05, 3.63) is 41.7 Å². The lowest BCUT2D eigenvalue weighted by atomic mass is 9.97. The Hall–Kier alpha value is -1.44. The van der Waals surface area contributed by atoms with E-state index in [0.29, 0.717) is 5.92 Å². The summed E-state index contributed by atoms with van der Waals surface area (Å²) in [5, 5.41) is 0. The maximum atomic E-state index is 5.16. The molecule has 0 amide bonds. The van der Waals surface area contributed by atoms with Crippen molar-refractivity contribution >= 4 is 0 Å². The molecule has 2 heteroatoms. The molecule has 0 heterocycles. The summed E-state index contributed by atoms with van der Waals surface area (Å²) in [7, 11) is 3.41. The average molecular weight is 218 g/mol. The molecule has 0 unspecified atom stereocenters. The molecule has 0 aliphatic heterocycles. The van der Waals surface area contributed by atoms with Crippen molar-refractivity contribution in [1.82, 2.24) is 0 Å². The van der Waals surface area contributed by atoms with Gasteiger partial charge in [0.15, 0.2) is 0 Å². The first-order chi connectivity index (χ1) is 7.83. The van der Waals surface area contributed by atoms with E-state index in [1.165, 1.54) is 17.6 Å². The number of methoxy groups -OCH3 is 2. The van der Waals surface area contributed by atoms with Gasteiger partial charge in [0.05, 0.1) is 20.5 Å². The third-order valence-electron chi connectivity index (χ3n) is 3.19. The molecule has 16 heavy (non-hydrogen) atoms. The number of hydrogen-bond acceptors (Lipinski definition) is 2. The second-order valence-electron chi connectivity index (χ2n) is 4.22. The van der Waals surface area contributed by atoms with Crippen molar-refractivity contribution in [2.45, 2.75) is 25.2 Å². The van der Waals surface area contributed by atoms with Gasteiger partial charge in [-0.1, -0.05) is 12.1 Å². The normalized spacial score (nSPS) is 22.4. The summed E-state index contributed by atoms with van der Waals surface area (Å²) in [5.41, 5.74) is 2.82. The average Bonchev–Trinajstić information content (AvgIpc) is 2.78. The van der Waals surface area contributed by atoms with Gasteiger partial charge in [0.25, 0.3) is 0 Å². The van der Waals surface area contributed by atoms with Crippen LogP contribution in [0.2, 0.25) is 0 Å². The van der Waals surface area contributed by atoms with Crippen LogP contribution in [0, 0.1) is 0 Å². The summed E-state index contributed by atoms with van der Waals surface area (Å²) >= 11 is 0. The fourth-order valence-electron chi connectivity index (χ4n) is 2.31. The summed E-state index contributed by atoms with van der Waals surface area (Å²) in [5.74, 6) is 1.57. The summed E-state index contributed by atoms with van der Waals surface area (Å²) in [6.45, 7) is 0. The minimum absolute atomic E-state index is 0.646. The van der Waals surface area contributed by atoms with E-state index in [4.69, 9.17) is 9.47 Å². The maximum Gasteiger partial charge on any atom is 0.118 e. The van der Waals surface area contributed by atoms with E-state index in [2.05, 4.69) is 12.1 Å². The minimum Gasteiger partial charge on any atom is -0.504 e. The number of allylic oxidation sites excluding steroid dienone is 1. The summed E-state index contributed by atoms with van der Waals surface area (Å²) in [6.07, 6.45) is 5.40. The molecule has 1 aromatic rings. The van der Waals surface area contributed by atoms with E-state index in [0.717, 1.165) is 18.6 Å². The van der Waals surface area contributed by atoms with Gasteiger partial charge in [-0.25, -0.2) is 0 Å². The lowest BCUT2D eigenvalue weighted by Gasteiger charge is -2.09. The summed E-state index contributed by atoms with van der Waals surface area (Å²) in [4.78, 5) is 0. The predicted molar refractivity (Wildman–Crippen MR) is 64.7 cm³/mol.